The Hall–Kier alpha value is -3.46. The molecule has 0 saturated heterocycles. The fraction of sp³-hybridized carbons (Fsp3) is 0.217. The van der Waals surface area contributed by atoms with E-state index in [4.69, 9.17) is 0 Å². The summed E-state index contributed by atoms with van der Waals surface area (Å²) in [6.07, 6.45) is 1.61. The van der Waals surface area contributed by atoms with E-state index in [-0.39, 0.29) is 17.4 Å². The number of rotatable bonds is 4. The summed E-state index contributed by atoms with van der Waals surface area (Å²) in [6.45, 7) is 2.00. The van der Waals surface area contributed by atoms with Crippen LogP contribution in [0.5, 0.6) is 0 Å². The Morgan fingerprint density at radius 3 is 2.75 bits per heavy atom. The van der Waals surface area contributed by atoms with Gasteiger partial charge in [-0.15, -0.1) is 10.2 Å². The van der Waals surface area contributed by atoms with Gasteiger partial charge in [-0.3, -0.25) is 9.36 Å². The zero-order chi connectivity index (χ0) is 22.2. The summed E-state index contributed by atoms with van der Waals surface area (Å²) in [5.74, 6) is 2.84. The fourth-order valence-corrected chi connectivity index (χ4v) is 4.93. The number of nitrogens with one attached hydrogen (secondary N) is 1. The number of nitrogens with zero attached hydrogens (tertiary/aromatic N) is 5. The first-order valence-corrected chi connectivity index (χ1v) is 11.3. The lowest BCUT2D eigenvalue weighted by molar-refractivity contribution is 0.607. The average molecular weight is 449 g/mol. The van der Waals surface area contributed by atoms with E-state index in [1.807, 2.05) is 37.3 Å². The van der Waals surface area contributed by atoms with Gasteiger partial charge >= 0.3 is 0 Å². The largest absolute Gasteiger partial charge is 0.324 e. The monoisotopic (exact) mass is 448 g/mol. The number of hydrogen-bond acceptors (Lipinski definition) is 6. The maximum Gasteiger partial charge on any atom is 0.274 e. The van der Waals surface area contributed by atoms with Crippen molar-refractivity contribution in [1.29, 1.82) is 0 Å². The van der Waals surface area contributed by atoms with E-state index in [1.165, 1.54) is 16.8 Å². The van der Waals surface area contributed by atoms with Crippen molar-refractivity contribution in [3.8, 4) is 11.1 Å². The molecule has 2 aromatic heterocycles. The van der Waals surface area contributed by atoms with Crippen LogP contribution < -0.4 is 10.9 Å². The topological polar surface area (TPSA) is 77.6 Å². The van der Waals surface area contributed by atoms with Gasteiger partial charge in [-0.25, -0.2) is 9.07 Å². The van der Waals surface area contributed by atoms with Gasteiger partial charge in [0, 0.05) is 24.7 Å². The molecule has 1 N–H and O–H groups in total. The minimum atomic E-state index is -0.255. The van der Waals surface area contributed by atoms with Gasteiger partial charge in [0.2, 0.25) is 5.95 Å². The van der Waals surface area contributed by atoms with Gasteiger partial charge in [-0.2, -0.15) is 16.9 Å². The number of anilines is 2. The highest BCUT2D eigenvalue weighted by molar-refractivity contribution is 7.98. The second-order valence-electron chi connectivity index (χ2n) is 7.72. The third kappa shape index (κ3) is 3.69. The van der Waals surface area contributed by atoms with Gasteiger partial charge < -0.3 is 5.32 Å². The predicted molar refractivity (Wildman–Crippen MR) is 124 cm³/mol. The van der Waals surface area contributed by atoms with E-state index in [1.54, 1.807) is 31.1 Å². The molecule has 1 atom stereocenters. The molecule has 1 aliphatic rings. The minimum absolute atomic E-state index is 0.00201. The molecule has 5 rings (SSSR count). The van der Waals surface area contributed by atoms with Crippen LogP contribution in [0.25, 0.3) is 11.1 Å². The number of fused-ring (bicyclic) bond motifs is 1. The van der Waals surface area contributed by atoms with Crippen LogP contribution in [0.15, 0.2) is 59.5 Å². The number of aromatic nitrogens is 5. The van der Waals surface area contributed by atoms with E-state index in [0.717, 1.165) is 39.7 Å². The van der Waals surface area contributed by atoms with Crippen molar-refractivity contribution < 1.29 is 4.39 Å². The molecule has 1 aliphatic heterocycles. The number of thioether (sulfide) groups is 1. The smallest absolute Gasteiger partial charge is 0.274 e. The van der Waals surface area contributed by atoms with Crippen LogP contribution in [0.3, 0.4) is 0 Å². The standard InChI is InChI=1S/C23H21FN6OS/c1-14-3-4-16(18-9-10-25-29(2)22(18)31)11-19(14)26-23-28-27-21-13-32-12-20(30(21)23)15-5-7-17(24)8-6-15/h3-11,20H,12-13H2,1-2H3,(H,26,28)/t20-/m0/s1. The summed E-state index contributed by atoms with van der Waals surface area (Å²) in [7, 11) is 1.63. The molecule has 2 aromatic carbocycles. The van der Waals surface area contributed by atoms with E-state index < -0.39 is 0 Å². The van der Waals surface area contributed by atoms with Crippen LogP contribution >= 0.6 is 11.8 Å². The molecule has 0 spiro atoms. The van der Waals surface area contributed by atoms with E-state index in [0.29, 0.717) is 11.5 Å². The summed E-state index contributed by atoms with van der Waals surface area (Å²) >= 11 is 1.78. The van der Waals surface area contributed by atoms with Crippen LogP contribution in [0.4, 0.5) is 16.0 Å². The first kappa shape index (κ1) is 20.4. The molecule has 0 radical (unpaired) electrons. The molecule has 0 amide bonds. The maximum absolute atomic E-state index is 13.5. The molecule has 0 aliphatic carbocycles. The van der Waals surface area contributed by atoms with Crippen molar-refractivity contribution in [1.82, 2.24) is 24.5 Å². The first-order valence-electron chi connectivity index (χ1n) is 10.2. The Kier molecular flexibility index (Phi) is 5.26. The van der Waals surface area contributed by atoms with E-state index in [9.17, 15) is 9.18 Å². The first-order chi connectivity index (χ1) is 15.5. The lowest BCUT2D eigenvalue weighted by Crippen LogP contribution is -2.22. The molecule has 0 saturated carbocycles. The Morgan fingerprint density at radius 2 is 1.94 bits per heavy atom. The predicted octanol–water partition coefficient (Wildman–Crippen LogP) is 4.07. The SMILES string of the molecule is Cc1ccc(-c2ccnn(C)c2=O)cc1Nc1nnc2n1[C@H](c1ccc(F)cc1)CSC2. The van der Waals surface area contributed by atoms with E-state index >= 15 is 0 Å². The zero-order valence-corrected chi connectivity index (χ0v) is 18.4. The Bertz CT molecular complexity index is 1350. The van der Waals surface area contributed by atoms with Crippen LogP contribution in [0.2, 0.25) is 0 Å². The number of hydrogen-bond donors (Lipinski definition) is 1. The van der Waals surface area contributed by atoms with Crippen LogP contribution in [-0.2, 0) is 12.8 Å². The average Bonchev–Trinajstić information content (AvgIpc) is 3.21. The Morgan fingerprint density at radius 1 is 1.12 bits per heavy atom. The molecule has 9 heteroatoms. The summed E-state index contributed by atoms with van der Waals surface area (Å²) in [4.78, 5) is 12.5. The molecule has 0 fully saturated rings. The molecule has 0 unspecified atom stereocenters. The zero-order valence-electron chi connectivity index (χ0n) is 17.6. The summed E-state index contributed by atoms with van der Waals surface area (Å²) in [5.41, 5.74) is 4.08. The minimum Gasteiger partial charge on any atom is -0.324 e. The van der Waals surface area contributed by atoms with Crippen molar-refractivity contribution in [3.63, 3.8) is 0 Å². The molecule has 32 heavy (non-hydrogen) atoms. The van der Waals surface area contributed by atoms with Crippen molar-refractivity contribution in [2.75, 3.05) is 11.1 Å². The van der Waals surface area contributed by atoms with Gasteiger partial charge in [0.15, 0.2) is 0 Å². The molecular formula is C23H21FN6OS. The van der Waals surface area contributed by atoms with Crippen LogP contribution in [0, 0.1) is 12.7 Å². The summed E-state index contributed by atoms with van der Waals surface area (Å²) < 4.78 is 16.9. The number of aryl methyl sites for hydroxylation is 2. The highest BCUT2D eigenvalue weighted by Gasteiger charge is 2.27. The van der Waals surface area contributed by atoms with Gasteiger partial charge in [0.25, 0.3) is 5.56 Å². The third-order valence-electron chi connectivity index (χ3n) is 5.64. The quantitative estimate of drug-likeness (QED) is 0.507. The Labute approximate surface area is 188 Å². The van der Waals surface area contributed by atoms with Crippen molar-refractivity contribution in [2.24, 2.45) is 7.05 Å². The van der Waals surface area contributed by atoms with Crippen molar-refractivity contribution in [2.45, 2.75) is 18.7 Å². The van der Waals surface area contributed by atoms with Gasteiger partial charge in [-0.1, -0.05) is 24.3 Å². The van der Waals surface area contributed by atoms with Gasteiger partial charge in [0.1, 0.15) is 11.6 Å². The van der Waals surface area contributed by atoms with Crippen molar-refractivity contribution in [3.05, 3.63) is 87.9 Å². The molecule has 4 aromatic rings. The molecule has 162 valence electrons. The molecule has 3 heterocycles. The second-order valence-corrected chi connectivity index (χ2v) is 8.75. The van der Waals surface area contributed by atoms with E-state index in [2.05, 4.69) is 25.2 Å². The Balaban J connectivity index is 1.53. The highest BCUT2D eigenvalue weighted by Crippen LogP contribution is 2.35. The summed E-state index contributed by atoms with van der Waals surface area (Å²) in [6, 6.07) is 14.1. The fourth-order valence-electron chi connectivity index (χ4n) is 3.87. The summed E-state index contributed by atoms with van der Waals surface area (Å²) in [5, 5.41) is 16.2. The highest BCUT2D eigenvalue weighted by atomic mass is 32.2. The molecule has 0 bridgehead atoms. The normalized spacial score (nSPS) is 15.4. The number of halogens is 1. The lowest BCUT2D eigenvalue weighted by Gasteiger charge is -2.26. The van der Waals surface area contributed by atoms with Crippen molar-refractivity contribution >= 4 is 23.4 Å². The second kappa shape index (κ2) is 8.23. The van der Waals surface area contributed by atoms with Crippen LogP contribution in [0.1, 0.15) is 23.0 Å². The third-order valence-corrected chi connectivity index (χ3v) is 6.65. The maximum atomic E-state index is 13.5. The molecular weight excluding hydrogens is 427 g/mol. The van der Waals surface area contributed by atoms with Gasteiger partial charge in [0.05, 0.1) is 17.4 Å². The molecule has 7 nitrogen and oxygen atoms in total. The number of benzene rings is 2. The lowest BCUT2D eigenvalue weighted by atomic mass is 10.0. The van der Waals surface area contributed by atoms with Crippen LogP contribution in [-0.4, -0.2) is 30.3 Å². The van der Waals surface area contributed by atoms with Gasteiger partial charge in [-0.05, 0) is 47.9 Å².